The zero-order valence-electron chi connectivity index (χ0n) is 11.9. The monoisotopic (exact) mass is 280 g/mol. The molecule has 2 bridgehead atoms. The number of aryl methyl sites for hydroxylation is 1. The molecule has 2 aliphatic heterocycles. The van der Waals surface area contributed by atoms with Crippen LogP contribution in [0, 0.1) is 6.92 Å². The van der Waals surface area contributed by atoms with Crippen LogP contribution in [0.4, 0.5) is 0 Å². The van der Waals surface area contributed by atoms with Gasteiger partial charge in [0.25, 0.3) is 0 Å². The minimum atomic E-state index is 0.499. The van der Waals surface area contributed by atoms with Crippen LogP contribution in [0.25, 0.3) is 0 Å². The molecule has 3 nitrogen and oxygen atoms in total. The maximum absolute atomic E-state index is 5.90. The number of nitrogens with one attached hydrogen (secondary N) is 1. The van der Waals surface area contributed by atoms with Crippen molar-refractivity contribution in [3.63, 3.8) is 0 Å². The number of nitrogens with zero attached hydrogens (tertiary/aromatic N) is 1. The summed E-state index contributed by atoms with van der Waals surface area (Å²) in [5, 5.41) is 3.41. The number of hydrogen-bond donors (Lipinski definition) is 1. The maximum atomic E-state index is 5.90. The summed E-state index contributed by atoms with van der Waals surface area (Å²) >= 11 is 1.94. The minimum absolute atomic E-state index is 0.499. The van der Waals surface area contributed by atoms with E-state index in [1.54, 1.807) is 0 Å². The molecule has 0 aromatic carbocycles. The molecule has 2 saturated heterocycles. The van der Waals surface area contributed by atoms with E-state index in [9.17, 15) is 0 Å². The van der Waals surface area contributed by atoms with Gasteiger partial charge in [0.2, 0.25) is 0 Å². The summed E-state index contributed by atoms with van der Waals surface area (Å²) in [6, 6.07) is 2.39. The van der Waals surface area contributed by atoms with Gasteiger partial charge in [-0.3, -0.25) is 4.90 Å². The number of likely N-dealkylation sites (tertiary alicyclic amines) is 1. The molecule has 2 aliphatic rings. The van der Waals surface area contributed by atoms with Crippen LogP contribution in [0.5, 0.6) is 0 Å². The van der Waals surface area contributed by atoms with Crippen LogP contribution in [0.2, 0.25) is 0 Å². The van der Waals surface area contributed by atoms with Crippen molar-refractivity contribution in [2.45, 2.75) is 52.0 Å². The van der Waals surface area contributed by atoms with E-state index in [0.717, 1.165) is 32.7 Å². The quantitative estimate of drug-likeness (QED) is 0.897. The topological polar surface area (TPSA) is 24.5 Å². The van der Waals surface area contributed by atoms with Gasteiger partial charge in [-0.05, 0) is 37.9 Å². The largest absolute Gasteiger partial charge is 0.372 e. The van der Waals surface area contributed by atoms with Gasteiger partial charge >= 0.3 is 0 Å². The molecular formula is C15H24N2OS. The van der Waals surface area contributed by atoms with Crippen molar-refractivity contribution in [1.29, 1.82) is 0 Å². The van der Waals surface area contributed by atoms with Gasteiger partial charge in [0.1, 0.15) is 0 Å². The molecule has 4 heteroatoms. The molecule has 2 fully saturated rings. The normalized spacial score (nSPS) is 27.1. The Bertz CT molecular complexity index is 420. The number of morpholine rings is 1. The van der Waals surface area contributed by atoms with Crippen molar-refractivity contribution in [1.82, 2.24) is 10.2 Å². The zero-order valence-corrected chi connectivity index (χ0v) is 12.8. The molecule has 0 radical (unpaired) electrons. The molecule has 2 unspecified atom stereocenters. The van der Waals surface area contributed by atoms with Crippen LogP contribution < -0.4 is 5.32 Å². The highest BCUT2D eigenvalue weighted by Gasteiger charge is 2.33. The van der Waals surface area contributed by atoms with Crippen molar-refractivity contribution in [3.05, 3.63) is 21.4 Å². The third-order valence-corrected chi connectivity index (χ3v) is 5.23. The van der Waals surface area contributed by atoms with Crippen molar-refractivity contribution >= 4 is 11.3 Å². The molecule has 2 atom stereocenters. The fraction of sp³-hybridized carbons (Fsp3) is 0.733. The highest BCUT2D eigenvalue weighted by molar-refractivity contribution is 7.12. The van der Waals surface area contributed by atoms with E-state index >= 15 is 0 Å². The summed E-state index contributed by atoms with van der Waals surface area (Å²) in [7, 11) is 0. The lowest BCUT2D eigenvalue weighted by molar-refractivity contribution is -0.0410. The molecule has 0 saturated carbocycles. The Kier molecular flexibility index (Phi) is 4.22. The van der Waals surface area contributed by atoms with E-state index in [1.807, 2.05) is 11.3 Å². The van der Waals surface area contributed by atoms with Crippen LogP contribution >= 0.6 is 11.3 Å². The lowest BCUT2D eigenvalue weighted by atomic mass is 10.2. The van der Waals surface area contributed by atoms with Crippen LogP contribution in [0.1, 0.15) is 35.1 Å². The third-order valence-electron chi connectivity index (χ3n) is 4.13. The molecule has 3 rings (SSSR count). The van der Waals surface area contributed by atoms with Crippen LogP contribution in [0.15, 0.2) is 6.07 Å². The fourth-order valence-corrected chi connectivity index (χ4v) is 4.17. The first kappa shape index (κ1) is 13.6. The highest BCUT2D eigenvalue weighted by Crippen LogP contribution is 2.29. The number of thiophene rings is 1. The SMILES string of the molecule is CCNCc1cc(CN2CC3CCC(C2)O3)c(C)s1. The summed E-state index contributed by atoms with van der Waals surface area (Å²) in [6.45, 7) is 9.80. The second-order valence-electron chi connectivity index (χ2n) is 5.73. The van der Waals surface area contributed by atoms with Gasteiger partial charge in [-0.1, -0.05) is 6.92 Å². The van der Waals surface area contributed by atoms with Gasteiger partial charge in [-0.15, -0.1) is 11.3 Å². The Morgan fingerprint density at radius 1 is 1.37 bits per heavy atom. The molecule has 0 spiro atoms. The first-order chi connectivity index (χ1) is 9.24. The summed E-state index contributed by atoms with van der Waals surface area (Å²) in [4.78, 5) is 5.52. The van der Waals surface area contributed by atoms with E-state index in [1.165, 1.54) is 28.2 Å². The molecule has 0 aliphatic carbocycles. The summed E-state index contributed by atoms with van der Waals surface area (Å²) in [6.07, 6.45) is 3.52. The predicted molar refractivity (Wildman–Crippen MR) is 79.6 cm³/mol. The Balaban J connectivity index is 1.61. The van der Waals surface area contributed by atoms with Crippen molar-refractivity contribution in [2.24, 2.45) is 0 Å². The summed E-state index contributed by atoms with van der Waals surface area (Å²) in [5.74, 6) is 0. The Morgan fingerprint density at radius 3 is 2.79 bits per heavy atom. The van der Waals surface area contributed by atoms with Gasteiger partial charge < -0.3 is 10.1 Å². The van der Waals surface area contributed by atoms with Crippen molar-refractivity contribution in [2.75, 3.05) is 19.6 Å². The van der Waals surface area contributed by atoms with E-state index in [-0.39, 0.29) is 0 Å². The Labute approximate surface area is 119 Å². The van der Waals surface area contributed by atoms with Gasteiger partial charge in [0, 0.05) is 35.9 Å². The number of fused-ring (bicyclic) bond motifs is 2. The second-order valence-corrected chi connectivity index (χ2v) is 7.07. The molecule has 1 aromatic rings. The number of ether oxygens (including phenoxy) is 1. The van der Waals surface area contributed by atoms with E-state index in [2.05, 4.69) is 30.1 Å². The van der Waals surface area contributed by atoms with Crippen LogP contribution in [-0.2, 0) is 17.8 Å². The van der Waals surface area contributed by atoms with Gasteiger partial charge in [-0.25, -0.2) is 0 Å². The molecule has 3 heterocycles. The first-order valence-corrected chi connectivity index (χ1v) is 8.23. The minimum Gasteiger partial charge on any atom is -0.372 e. The molecule has 1 N–H and O–H groups in total. The molecular weight excluding hydrogens is 256 g/mol. The standard InChI is InChI=1S/C15H24N2OS/c1-3-16-7-15-6-12(11(2)19-15)8-17-9-13-4-5-14(10-17)18-13/h6,13-14,16H,3-5,7-10H2,1-2H3. The smallest absolute Gasteiger partial charge is 0.0707 e. The Morgan fingerprint density at radius 2 is 2.11 bits per heavy atom. The molecule has 1 aromatic heterocycles. The highest BCUT2D eigenvalue weighted by atomic mass is 32.1. The summed E-state index contributed by atoms with van der Waals surface area (Å²) in [5.41, 5.74) is 1.51. The zero-order chi connectivity index (χ0) is 13.2. The van der Waals surface area contributed by atoms with Crippen molar-refractivity contribution in [3.8, 4) is 0 Å². The van der Waals surface area contributed by atoms with Crippen LogP contribution in [0.3, 0.4) is 0 Å². The lowest BCUT2D eigenvalue weighted by Gasteiger charge is -2.32. The van der Waals surface area contributed by atoms with E-state index in [4.69, 9.17) is 4.74 Å². The molecule has 0 amide bonds. The average Bonchev–Trinajstić information content (AvgIpc) is 2.91. The van der Waals surface area contributed by atoms with Gasteiger partial charge in [0.15, 0.2) is 0 Å². The Hall–Kier alpha value is -0.420. The van der Waals surface area contributed by atoms with Gasteiger partial charge in [0.05, 0.1) is 12.2 Å². The van der Waals surface area contributed by atoms with E-state index in [0.29, 0.717) is 12.2 Å². The number of rotatable bonds is 5. The number of hydrogen-bond acceptors (Lipinski definition) is 4. The molecule has 106 valence electrons. The maximum Gasteiger partial charge on any atom is 0.0707 e. The third kappa shape index (κ3) is 3.19. The fourth-order valence-electron chi connectivity index (χ4n) is 3.15. The summed E-state index contributed by atoms with van der Waals surface area (Å²) < 4.78 is 5.90. The van der Waals surface area contributed by atoms with Crippen LogP contribution in [-0.4, -0.2) is 36.7 Å². The predicted octanol–water partition coefficient (Wildman–Crippen LogP) is 2.53. The van der Waals surface area contributed by atoms with Gasteiger partial charge in [-0.2, -0.15) is 0 Å². The second kappa shape index (κ2) is 5.92. The van der Waals surface area contributed by atoms with E-state index < -0.39 is 0 Å². The lowest BCUT2D eigenvalue weighted by Crippen LogP contribution is -2.41. The first-order valence-electron chi connectivity index (χ1n) is 7.41. The average molecular weight is 280 g/mol. The van der Waals surface area contributed by atoms with Crippen molar-refractivity contribution < 1.29 is 4.74 Å². The molecule has 19 heavy (non-hydrogen) atoms.